The van der Waals surface area contributed by atoms with Crippen LogP contribution in [0.15, 0.2) is 0 Å². The molecule has 1 unspecified atom stereocenters. The normalized spacial score (nSPS) is 15.0. The van der Waals surface area contributed by atoms with Crippen molar-refractivity contribution >= 4 is 0 Å². The molecule has 15 heavy (non-hydrogen) atoms. The van der Waals surface area contributed by atoms with Crippen molar-refractivity contribution in [2.75, 3.05) is 20.2 Å². The maximum absolute atomic E-state index is 9.76. The molecule has 0 aromatic carbocycles. The van der Waals surface area contributed by atoms with E-state index in [-0.39, 0.29) is 11.6 Å². The van der Waals surface area contributed by atoms with Crippen molar-refractivity contribution in [1.29, 1.82) is 0 Å². The van der Waals surface area contributed by atoms with Gasteiger partial charge in [-0.1, -0.05) is 6.92 Å². The number of aliphatic hydroxyl groups is 1. The number of likely N-dealkylation sites (N-methyl/N-ethyl adjacent to an activating group) is 1. The predicted octanol–water partition coefficient (Wildman–Crippen LogP) is 1.89. The fourth-order valence-electron chi connectivity index (χ4n) is 1.19. The highest BCUT2D eigenvalue weighted by Gasteiger charge is 2.23. The van der Waals surface area contributed by atoms with Gasteiger partial charge in [-0.2, -0.15) is 0 Å². The van der Waals surface area contributed by atoms with Gasteiger partial charge in [-0.15, -0.1) is 0 Å². The molecule has 1 atom stereocenters. The topological polar surface area (TPSA) is 32.7 Å². The maximum Gasteiger partial charge on any atom is 0.0900 e. The van der Waals surface area contributed by atoms with E-state index in [0.717, 1.165) is 6.42 Å². The first-order chi connectivity index (χ1) is 6.79. The highest BCUT2D eigenvalue weighted by atomic mass is 16.5. The van der Waals surface area contributed by atoms with Crippen LogP contribution in [0.25, 0.3) is 0 Å². The van der Waals surface area contributed by atoms with Crippen LogP contribution < -0.4 is 0 Å². The Balaban J connectivity index is 3.90. The van der Waals surface area contributed by atoms with Crippen molar-refractivity contribution < 1.29 is 9.84 Å². The summed E-state index contributed by atoms with van der Waals surface area (Å²) in [5.74, 6) is 0. The minimum absolute atomic E-state index is 0.138. The van der Waals surface area contributed by atoms with E-state index in [1.54, 1.807) is 0 Å². The summed E-state index contributed by atoms with van der Waals surface area (Å²) in [6, 6.07) is 0. The summed E-state index contributed by atoms with van der Waals surface area (Å²) < 4.78 is 5.37. The summed E-state index contributed by atoms with van der Waals surface area (Å²) in [6.07, 6.45) is 0.855. The van der Waals surface area contributed by atoms with Gasteiger partial charge in [0, 0.05) is 12.1 Å². The van der Waals surface area contributed by atoms with Crippen molar-refractivity contribution in [3.8, 4) is 0 Å². The first kappa shape index (κ1) is 14.9. The summed E-state index contributed by atoms with van der Waals surface area (Å²) in [5, 5.41) is 9.76. The summed E-state index contributed by atoms with van der Waals surface area (Å²) in [7, 11) is 2.04. The zero-order valence-electron chi connectivity index (χ0n) is 11.1. The van der Waals surface area contributed by atoms with E-state index in [1.165, 1.54) is 0 Å². The van der Waals surface area contributed by atoms with Gasteiger partial charge in [0.05, 0.1) is 18.8 Å². The molecule has 1 N–H and O–H groups in total. The Morgan fingerprint density at radius 1 is 1.33 bits per heavy atom. The fourth-order valence-corrected chi connectivity index (χ4v) is 1.19. The standard InChI is InChI=1S/C12H27NO2/c1-7-12(4,5)13(6)8-11(14)9-15-10(2)3/h10-11,14H,7-9H2,1-6H3. The van der Waals surface area contributed by atoms with Gasteiger partial charge in [-0.25, -0.2) is 0 Å². The van der Waals surface area contributed by atoms with Crippen molar-refractivity contribution in [1.82, 2.24) is 4.90 Å². The van der Waals surface area contributed by atoms with E-state index in [0.29, 0.717) is 13.2 Å². The molecule has 0 aliphatic rings. The molecule has 0 aromatic rings. The van der Waals surface area contributed by atoms with Gasteiger partial charge in [-0.3, -0.25) is 4.90 Å². The van der Waals surface area contributed by atoms with Crippen LogP contribution in [0.1, 0.15) is 41.0 Å². The Hall–Kier alpha value is -0.120. The van der Waals surface area contributed by atoms with Crippen LogP contribution in [0.4, 0.5) is 0 Å². The van der Waals surface area contributed by atoms with Crippen LogP contribution in [0, 0.1) is 0 Å². The van der Waals surface area contributed by atoms with Crippen molar-refractivity contribution in [2.45, 2.75) is 58.8 Å². The number of rotatable bonds is 7. The average molecular weight is 217 g/mol. The molecule has 0 amide bonds. The molecule has 0 fully saturated rings. The summed E-state index contributed by atoms with van der Waals surface area (Å²) >= 11 is 0. The van der Waals surface area contributed by atoms with Crippen LogP contribution in [-0.4, -0.2) is 48.0 Å². The molecule has 0 saturated carbocycles. The summed E-state index contributed by atoms with van der Waals surface area (Å²) in [5.41, 5.74) is 0.138. The Labute approximate surface area is 94.4 Å². The minimum atomic E-state index is -0.400. The Morgan fingerprint density at radius 2 is 1.87 bits per heavy atom. The summed E-state index contributed by atoms with van der Waals surface area (Å²) in [4.78, 5) is 2.18. The Bertz CT molecular complexity index is 169. The Kier molecular flexibility index (Phi) is 6.41. The van der Waals surface area contributed by atoms with Crippen molar-refractivity contribution in [3.05, 3.63) is 0 Å². The average Bonchev–Trinajstić information content (AvgIpc) is 2.14. The lowest BCUT2D eigenvalue weighted by molar-refractivity contribution is -0.0180. The zero-order valence-corrected chi connectivity index (χ0v) is 11.1. The van der Waals surface area contributed by atoms with Crippen LogP contribution >= 0.6 is 0 Å². The minimum Gasteiger partial charge on any atom is -0.389 e. The third-order valence-electron chi connectivity index (χ3n) is 3.01. The van der Waals surface area contributed by atoms with Gasteiger partial charge < -0.3 is 9.84 Å². The lowest BCUT2D eigenvalue weighted by Crippen LogP contribution is -2.45. The van der Waals surface area contributed by atoms with Crippen molar-refractivity contribution in [2.24, 2.45) is 0 Å². The molecular formula is C12H27NO2. The zero-order chi connectivity index (χ0) is 12.1. The number of hydrogen-bond acceptors (Lipinski definition) is 3. The van der Waals surface area contributed by atoms with Crippen LogP contribution in [0.5, 0.6) is 0 Å². The fraction of sp³-hybridized carbons (Fsp3) is 1.00. The SMILES string of the molecule is CCC(C)(C)N(C)CC(O)COC(C)C. The van der Waals surface area contributed by atoms with Crippen molar-refractivity contribution in [3.63, 3.8) is 0 Å². The number of β-amino-alcohol motifs (C(OH)–C–C–N with tert-alkyl or cyclic N) is 1. The number of nitrogens with zero attached hydrogens (tertiary/aromatic N) is 1. The van der Waals surface area contributed by atoms with E-state index in [1.807, 2.05) is 20.9 Å². The summed E-state index contributed by atoms with van der Waals surface area (Å²) in [6.45, 7) is 11.6. The smallest absolute Gasteiger partial charge is 0.0900 e. The first-order valence-electron chi connectivity index (χ1n) is 5.80. The molecule has 0 aliphatic heterocycles. The molecule has 0 aromatic heterocycles. The molecule has 0 saturated heterocycles. The van der Waals surface area contributed by atoms with E-state index < -0.39 is 6.10 Å². The first-order valence-corrected chi connectivity index (χ1v) is 5.80. The van der Waals surface area contributed by atoms with Crippen LogP contribution in [0.2, 0.25) is 0 Å². The van der Waals surface area contributed by atoms with Crippen LogP contribution in [0.3, 0.4) is 0 Å². The van der Waals surface area contributed by atoms with Gasteiger partial charge in [0.25, 0.3) is 0 Å². The van der Waals surface area contributed by atoms with E-state index in [9.17, 15) is 5.11 Å². The third kappa shape index (κ3) is 6.13. The molecular weight excluding hydrogens is 190 g/mol. The monoisotopic (exact) mass is 217 g/mol. The highest BCUT2D eigenvalue weighted by Crippen LogP contribution is 2.16. The van der Waals surface area contributed by atoms with Gasteiger partial charge in [0.1, 0.15) is 0 Å². The lowest BCUT2D eigenvalue weighted by atomic mass is 10.00. The van der Waals surface area contributed by atoms with E-state index in [2.05, 4.69) is 25.7 Å². The van der Waals surface area contributed by atoms with E-state index >= 15 is 0 Å². The van der Waals surface area contributed by atoms with Gasteiger partial charge >= 0.3 is 0 Å². The number of ether oxygens (including phenoxy) is 1. The molecule has 3 nitrogen and oxygen atoms in total. The molecule has 0 rings (SSSR count). The highest BCUT2D eigenvalue weighted by molar-refractivity contribution is 4.78. The predicted molar refractivity (Wildman–Crippen MR) is 64.1 cm³/mol. The molecule has 92 valence electrons. The maximum atomic E-state index is 9.76. The second-order valence-electron chi connectivity index (χ2n) is 5.08. The largest absolute Gasteiger partial charge is 0.389 e. The molecule has 0 aliphatic carbocycles. The molecule has 0 radical (unpaired) electrons. The second-order valence-corrected chi connectivity index (χ2v) is 5.08. The molecule has 0 spiro atoms. The third-order valence-corrected chi connectivity index (χ3v) is 3.01. The van der Waals surface area contributed by atoms with Crippen LogP contribution in [-0.2, 0) is 4.74 Å². The lowest BCUT2D eigenvalue weighted by Gasteiger charge is -2.36. The Morgan fingerprint density at radius 3 is 2.27 bits per heavy atom. The van der Waals surface area contributed by atoms with E-state index in [4.69, 9.17) is 4.74 Å². The number of hydrogen-bond donors (Lipinski definition) is 1. The number of aliphatic hydroxyl groups excluding tert-OH is 1. The quantitative estimate of drug-likeness (QED) is 0.707. The molecule has 0 heterocycles. The van der Waals surface area contributed by atoms with Gasteiger partial charge in [0.2, 0.25) is 0 Å². The van der Waals surface area contributed by atoms with Gasteiger partial charge in [-0.05, 0) is 41.2 Å². The molecule has 3 heteroatoms. The van der Waals surface area contributed by atoms with Gasteiger partial charge in [0.15, 0.2) is 0 Å². The molecule has 0 bridgehead atoms. The second kappa shape index (κ2) is 6.46.